The van der Waals surface area contributed by atoms with Gasteiger partial charge in [-0.1, -0.05) is 57.8 Å². The van der Waals surface area contributed by atoms with Gasteiger partial charge in [0.05, 0.1) is 20.8 Å². The van der Waals surface area contributed by atoms with Gasteiger partial charge >= 0.3 is 0 Å². The Balaban J connectivity index is 2.42. The van der Waals surface area contributed by atoms with Crippen molar-refractivity contribution in [3.8, 4) is 11.5 Å². The molecule has 1 aliphatic carbocycles. The number of allylic oxidation sites excluding steroid dienone is 2. The SMILES string of the molecule is C=C(CCCCC)[C@@H]1CCC(CO)=C[C@H]1c1c(OC)cc(CCCCC)cc1OC. The lowest BCUT2D eigenvalue weighted by molar-refractivity contribution is 0.312. The van der Waals surface area contributed by atoms with Gasteiger partial charge in [0, 0.05) is 11.5 Å². The van der Waals surface area contributed by atoms with E-state index in [9.17, 15) is 5.11 Å². The Bertz CT molecular complexity index is 679. The molecule has 168 valence electrons. The zero-order valence-electron chi connectivity index (χ0n) is 19.6. The van der Waals surface area contributed by atoms with E-state index in [4.69, 9.17) is 9.47 Å². The summed E-state index contributed by atoms with van der Waals surface area (Å²) in [4.78, 5) is 0. The van der Waals surface area contributed by atoms with Gasteiger partial charge in [-0.15, -0.1) is 0 Å². The second kappa shape index (κ2) is 12.8. The number of aliphatic hydroxyl groups excluding tert-OH is 1. The van der Waals surface area contributed by atoms with Crippen LogP contribution in [0.2, 0.25) is 0 Å². The Hall–Kier alpha value is -1.74. The average Bonchev–Trinajstić information content (AvgIpc) is 2.78. The first-order chi connectivity index (χ1) is 14.6. The van der Waals surface area contributed by atoms with Crippen LogP contribution in [0.5, 0.6) is 11.5 Å². The molecular weight excluding hydrogens is 372 g/mol. The average molecular weight is 415 g/mol. The molecule has 1 aromatic carbocycles. The van der Waals surface area contributed by atoms with Crippen molar-refractivity contribution in [3.63, 3.8) is 0 Å². The van der Waals surface area contributed by atoms with Crippen molar-refractivity contribution in [1.29, 1.82) is 0 Å². The molecule has 0 amide bonds. The summed E-state index contributed by atoms with van der Waals surface area (Å²) in [7, 11) is 3.50. The van der Waals surface area contributed by atoms with E-state index in [1.807, 2.05) is 0 Å². The maximum atomic E-state index is 9.82. The van der Waals surface area contributed by atoms with Crippen molar-refractivity contribution >= 4 is 0 Å². The van der Waals surface area contributed by atoms with Crippen molar-refractivity contribution in [1.82, 2.24) is 0 Å². The first kappa shape index (κ1) is 24.5. The molecule has 1 N–H and O–H groups in total. The monoisotopic (exact) mass is 414 g/mol. The van der Waals surface area contributed by atoms with Crippen LogP contribution in [0.15, 0.2) is 35.9 Å². The van der Waals surface area contributed by atoms with Crippen molar-refractivity contribution < 1.29 is 14.6 Å². The van der Waals surface area contributed by atoms with Crippen LogP contribution < -0.4 is 9.47 Å². The van der Waals surface area contributed by atoms with E-state index in [1.165, 1.54) is 49.7 Å². The Morgan fingerprint density at radius 2 is 1.67 bits per heavy atom. The first-order valence-corrected chi connectivity index (χ1v) is 11.8. The molecular formula is C27H42O3. The first-order valence-electron chi connectivity index (χ1n) is 11.8. The van der Waals surface area contributed by atoms with Gasteiger partial charge in [-0.25, -0.2) is 0 Å². The maximum Gasteiger partial charge on any atom is 0.126 e. The van der Waals surface area contributed by atoms with Gasteiger partial charge in [0.2, 0.25) is 0 Å². The normalized spacial score (nSPS) is 18.8. The highest BCUT2D eigenvalue weighted by atomic mass is 16.5. The van der Waals surface area contributed by atoms with Gasteiger partial charge in [-0.05, 0) is 67.7 Å². The van der Waals surface area contributed by atoms with Crippen LogP contribution in [0, 0.1) is 5.92 Å². The molecule has 30 heavy (non-hydrogen) atoms. The molecule has 2 rings (SSSR count). The minimum Gasteiger partial charge on any atom is -0.496 e. The molecule has 0 heterocycles. The molecule has 0 saturated carbocycles. The summed E-state index contributed by atoms with van der Waals surface area (Å²) >= 11 is 0. The molecule has 0 aromatic heterocycles. The number of ether oxygens (including phenoxy) is 2. The van der Waals surface area contributed by atoms with Gasteiger partial charge < -0.3 is 14.6 Å². The van der Waals surface area contributed by atoms with Crippen LogP contribution in [-0.4, -0.2) is 25.9 Å². The molecule has 0 radical (unpaired) electrons. The summed E-state index contributed by atoms with van der Waals surface area (Å²) in [6, 6.07) is 4.37. The van der Waals surface area contributed by atoms with E-state index in [2.05, 4.69) is 38.6 Å². The summed E-state index contributed by atoms with van der Waals surface area (Å²) in [5.74, 6) is 2.27. The molecule has 3 nitrogen and oxygen atoms in total. The number of aryl methyl sites for hydroxylation is 1. The Kier molecular flexibility index (Phi) is 10.5. The predicted molar refractivity (Wildman–Crippen MR) is 127 cm³/mol. The van der Waals surface area contributed by atoms with E-state index in [1.54, 1.807) is 14.2 Å². The highest BCUT2D eigenvalue weighted by molar-refractivity contribution is 5.53. The molecule has 1 aromatic rings. The van der Waals surface area contributed by atoms with E-state index < -0.39 is 0 Å². The number of unbranched alkanes of at least 4 members (excludes halogenated alkanes) is 4. The smallest absolute Gasteiger partial charge is 0.126 e. The largest absolute Gasteiger partial charge is 0.496 e. The third kappa shape index (κ3) is 6.38. The molecule has 0 bridgehead atoms. The lowest BCUT2D eigenvalue weighted by Gasteiger charge is -2.34. The van der Waals surface area contributed by atoms with Crippen molar-refractivity contribution in [2.75, 3.05) is 20.8 Å². The number of rotatable bonds is 13. The standard InChI is InChI=1S/C27H42O3/c1-6-8-10-12-20(3)23-15-14-22(19-28)16-24(23)27-25(29-4)17-21(13-11-9-7-2)18-26(27)30-5/h16-18,23-24,28H,3,6-15,19H2,1-2,4-5H3/t23-,24+/m0/s1. The number of hydrogen-bond acceptors (Lipinski definition) is 3. The van der Waals surface area contributed by atoms with Crippen LogP contribution in [0.3, 0.4) is 0 Å². The molecule has 3 heteroatoms. The number of methoxy groups -OCH3 is 2. The molecule has 1 aliphatic rings. The van der Waals surface area contributed by atoms with Crippen LogP contribution >= 0.6 is 0 Å². The summed E-state index contributed by atoms with van der Waals surface area (Å²) in [5, 5.41) is 9.82. The summed E-state index contributed by atoms with van der Waals surface area (Å²) in [6.07, 6.45) is 13.6. The molecule has 2 atom stereocenters. The summed E-state index contributed by atoms with van der Waals surface area (Å²) < 4.78 is 11.8. The predicted octanol–water partition coefficient (Wildman–Crippen LogP) is 6.99. The van der Waals surface area contributed by atoms with Gasteiger partial charge in [-0.2, -0.15) is 0 Å². The second-order valence-electron chi connectivity index (χ2n) is 8.64. The Morgan fingerprint density at radius 1 is 1.03 bits per heavy atom. The lowest BCUT2D eigenvalue weighted by atomic mass is 9.72. The van der Waals surface area contributed by atoms with Gasteiger partial charge in [-0.3, -0.25) is 0 Å². The Morgan fingerprint density at radius 3 is 2.23 bits per heavy atom. The van der Waals surface area contributed by atoms with Gasteiger partial charge in [0.25, 0.3) is 0 Å². The van der Waals surface area contributed by atoms with Crippen molar-refractivity contribution in [2.45, 2.75) is 84.0 Å². The molecule has 0 unspecified atom stereocenters. The van der Waals surface area contributed by atoms with E-state index in [-0.39, 0.29) is 12.5 Å². The highest BCUT2D eigenvalue weighted by Gasteiger charge is 2.32. The number of hydrogen-bond donors (Lipinski definition) is 1. The van der Waals surface area contributed by atoms with Crippen LogP contribution in [-0.2, 0) is 6.42 Å². The minimum atomic E-state index is 0.116. The Labute approximate surface area is 184 Å². The maximum absolute atomic E-state index is 9.82. The summed E-state index contributed by atoms with van der Waals surface area (Å²) in [5.41, 5.74) is 4.79. The molecule has 0 aliphatic heterocycles. The van der Waals surface area contributed by atoms with Crippen LogP contribution in [0.25, 0.3) is 0 Å². The molecule has 0 spiro atoms. The van der Waals surface area contributed by atoms with E-state index in [0.717, 1.165) is 48.3 Å². The van der Waals surface area contributed by atoms with Crippen molar-refractivity contribution in [2.24, 2.45) is 5.92 Å². The highest BCUT2D eigenvalue weighted by Crippen LogP contribution is 2.48. The fraction of sp³-hybridized carbons (Fsp3) is 0.630. The van der Waals surface area contributed by atoms with E-state index >= 15 is 0 Å². The number of aliphatic hydroxyl groups is 1. The zero-order chi connectivity index (χ0) is 21.9. The third-order valence-electron chi connectivity index (χ3n) is 6.46. The quantitative estimate of drug-likeness (QED) is 0.279. The topological polar surface area (TPSA) is 38.7 Å². The molecule has 0 saturated heterocycles. The second-order valence-corrected chi connectivity index (χ2v) is 8.64. The van der Waals surface area contributed by atoms with Crippen LogP contribution in [0.4, 0.5) is 0 Å². The van der Waals surface area contributed by atoms with Gasteiger partial charge in [0.15, 0.2) is 0 Å². The van der Waals surface area contributed by atoms with Crippen molar-refractivity contribution in [3.05, 3.63) is 47.1 Å². The fourth-order valence-electron chi connectivity index (χ4n) is 4.68. The zero-order valence-corrected chi connectivity index (χ0v) is 19.6. The summed E-state index contributed by atoms with van der Waals surface area (Å²) in [6.45, 7) is 9.06. The minimum absolute atomic E-state index is 0.116. The van der Waals surface area contributed by atoms with Gasteiger partial charge in [0.1, 0.15) is 11.5 Å². The third-order valence-corrected chi connectivity index (χ3v) is 6.46. The fourth-order valence-corrected chi connectivity index (χ4v) is 4.68. The molecule has 0 fully saturated rings. The van der Waals surface area contributed by atoms with Crippen LogP contribution in [0.1, 0.15) is 88.7 Å². The lowest BCUT2D eigenvalue weighted by Crippen LogP contribution is -2.20. The van der Waals surface area contributed by atoms with E-state index in [0.29, 0.717) is 5.92 Å². The number of benzene rings is 1.